The average Bonchev–Trinajstić information content (AvgIpc) is 2.95. The summed E-state index contributed by atoms with van der Waals surface area (Å²) in [5.74, 6) is 4.03. The Morgan fingerprint density at radius 2 is 2.11 bits per heavy atom. The second-order valence-electron chi connectivity index (χ2n) is 6.15. The van der Waals surface area contributed by atoms with Crippen LogP contribution in [0.4, 0.5) is 0 Å². The molecule has 4 heteroatoms. The minimum Gasteiger partial charge on any atom is -0.378 e. The third kappa shape index (κ3) is 2.97. The van der Waals surface area contributed by atoms with Crippen LogP contribution in [0.2, 0.25) is 0 Å². The molecule has 1 aliphatic heterocycles. The Hall–Kier alpha value is 0.620. The quantitative estimate of drug-likeness (QED) is 0.842. The summed E-state index contributed by atoms with van der Waals surface area (Å²) in [5.41, 5.74) is 0.502. The van der Waals surface area contributed by atoms with E-state index in [0.717, 1.165) is 17.9 Å². The fraction of sp³-hybridized carbons (Fsp3) is 1.00. The van der Waals surface area contributed by atoms with Gasteiger partial charge in [-0.1, -0.05) is 12.8 Å². The van der Waals surface area contributed by atoms with E-state index in [2.05, 4.69) is 35.8 Å². The maximum atomic E-state index is 5.99. The van der Waals surface area contributed by atoms with E-state index in [1.54, 1.807) is 0 Å². The first-order valence-corrected chi connectivity index (χ1v) is 10.1. The fourth-order valence-electron chi connectivity index (χ4n) is 4.10. The number of nitrogens with one attached hydrogen (secondary N) is 1. The minimum atomic E-state index is 0.502. The Bertz CT molecular complexity index is 288. The smallest absolute Gasteiger partial charge is 0.0661 e. The van der Waals surface area contributed by atoms with E-state index >= 15 is 0 Å². The third-order valence-corrected chi connectivity index (χ3v) is 8.01. The summed E-state index contributed by atoms with van der Waals surface area (Å²) in [7, 11) is 0. The van der Waals surface area contributed by atoms with Gasteiger partial charge in [0.05, 0.1) is 6.10 Å². The lowest BCUT2D eigenvalue weighted by atomic mass is 9.60. The SMILES string of the molecule is CCOC1CC(NCC2CSCCS2)C12CCCC2. The van der Waals surface area contributed by atoms with E-state index in [1.807, 2.05) is 0 Å². The molecule has 0 aromatic heterocycles. The highest BCUT2D eigenvalue weighted by atomic mass is 32.2. The van der Waals surface area contributed by atoms with Gasteiger partial charge >= 0.3 is 0 Å². The van der Waals surface area contributed by atoms with E-state index in [0.29, 0.717) is 11.5 Å². The van der Waals surface area contributed by atoms with Crippen molar-refractivity contribution in [2.75, 3.05) is 30.4 Å². The summed E-state index contributed by atoms with van der Waals surface area (Å²) in [6, 6.07) is 0.735. The van der Waals surface area contributed by atoms with Gasteiger partial charge in [0.25, 0.3) is 0 Å². The van der Waals surface area contributed by atoms with Crippen molar-refractivity contribution in [3.8, 4) is 0 Å². The zero-order valence-corrected chi connectivity index (χ0v) is 13.7. The van der Waals surface area contributed by atoms with Crippen LogP contribution in [0.5, 0.6) is 0 Å². The monoisotopic (exact) mass is 301 g/mol. The van der Waals surface area contributed by atoms with Crippen molar-refractivity contribution in [3.63, 3.8) is 0 Å². The number of hydrogen-bond donors (Lipinski definition) is 1. The summed E-state index contributed by atoms with van der Waals surface area (Å²) in [4.78, 5) is 0. The lowest BCUT2D eigenvalue weighted by molar-refractivity contribution is -0.130. The molecule has 3 aliphatic rings. The molecule has 1 N–H and O–H groups in total. The van der Waals surface area contributed by atoms with Crippen molar-refractivity contribution >= 4 is 23.5 Å². The van der Waals surface area contributed by atoms with Gasteiger partial charge in [-0.15, -0.1) is 0 Å². The molecule has 2 aliphatic carbocycles. The maximum absolute atomic E-state index is 5.99. The first kappa shape index (κ1) is 14.6. The van der Waals surface area contributed by atoms with Crippen LogP contribution in [0.25, 0.3) is 0 Å². The highest BCUT2D eigenvalue weighted by Crippen LogP contribution is 2.54. The molecule has 0 aromatic rings. The largest absolute Gasteiger partial charge is 0.378 e. The van der Waals surface area contributed by atoms with Crippen LogP contribution in [0.1, 0.15) is 39.0 Å². The summed E-state index contributed by atoms with van der Waals surface area (Å²) < 4.78 is 5.99. The molecule has 3 fully saturated rings. The molecule has 2 saturated carbocycles. The van der Waals surface area contributed by atoms with Gasteiger partial charge < -0.3 is 10.1 Å². The molecule has 0 aromatic carbocycles. The second kappa shape index (κ2) is 6.59. The van der Waals surface area contributed by atoms with Crippen LogP contribution in [-0.4, -0.2) is 47.8 Å². The average molecular weight is 302 g/mol. The van der Waals surface area contributed by atoms with Crippen molar-refractivity contribution in [1.82, 2.24) is 5.32 Å². The predicted octanol–water partition coefficient (Wildman–Crippen LogP) is 3.16. The summed E-state index contributed by atoms with van der Waals surface area (Å²) in [5, 5.41) is 4.73. The van der Waals surface area contributed by atoms with E-state index < -0.39 is 0 Å². The number of thioether (sulfide) groups is 2. The predicted molar refractivity (Wildman–Crippen MR) is 86.3 cm³/mol. The standard InChI is InChI=1S/C15H27NOS2/c1-2-17-14-9-13(15(14)5-3-4-6-15)16-10-12-11-18-7-8-19-12/h12-14,16H,2-11H2,1H3. The molecule has 2 nitrogen and oxygen atoms in total. The highest BCUT2D eigenvalue weighted by Gasteiger charge is 2.56. The topological polar surface area (TPSA) is 21.3 Å². The first-order chi connectivity index (χ1) is 9.35. The molecule has 3 rings (SSSR count). The number of ether oxygens (including phenoxy) is 1. The summed E-state index contributed by atoms with van der Waals surface area (Å²) in [6.45, 7) is 4.23. The Labute approximate surface area is 126 Å². The molecule has 0 amide bonds. The molecule has 3 unspecified atom stereocenters. The van der Waals surface area contributed by atoms with Gasteiger partial charge in [-0.3, -0.25) is 0 Å². The van der Waals surface area contributed by atoms with Gasteiger partial charge in [0.15, 0.2) is 0 Å². The van der Waals surface area contributed by atoms with Crippen molar-refractivity contribution in [2.45, 2.75) is 56.4 Å². The zero-order chi connectivity index (χ0) is 13.1. The maximum Gasteiger partial charge on any atom is 0.0661 e. The molecule has 110 valence electrons. The highest BCUT2D eigenvalue weighted by molar-refractivity contribution is 8.06. The lowest BCUT2D eigenvalue weighted by Crippen LogP contribution is -2.63. The Morgan fingerprint density at radius 3 is 2.79 bits per heavy atom. The molecule has 1 spiro atoms. The van der Waals surface area contributed by atoms with Crippen LogP contribution in [0, 0.1) is 5.41 Å². The lowest BCUT2D eigenvalue weighted by Gasteiger charge is -2.54. The second-order valence-corrected chi connectivity index (χ2v) is 8.71. The van der Waals surface area contributed by atoms with Gasteiger partial charge in [0, 0.05) is 47.1 Å². The zero-order valence-electron chi connectivity index (χ0n) is 12.0. The third-order valence-electron chi connectivity index (χ3n) is 5.16. The normalized spacial score (nSPS) is 37.4. The van der Waals surface area contributed by atoms with Crippen LogP contribution in [0.15, 0.2) is 0 Å². The van der Waals surface area contributed by atoms with Gasteiger partial charge in [-0.25, -0.2) is 0 Å². The van der Waals surface area contributed by atoms with E-state index in [1.165, 1.54) is 55.9 Å². The van der Waals surface area contributed by atoms with E-state index in [9.17, 15) is 0 Å². The van der Waals surface area contributed by atoms with Crippen LogP contribution >= 0.6 is 23.5 Å². The van der Waals surface area contributed by atoms with Crippen LogP contribution < -0.4 is 5.32 Å². The van der Waals surface area contributed by atoms with Crippen molar-refractivity contribution in [1.29, 1.82) is 0 Å². The number of rotatable bonds is 5. The van der Waals surface area contributed by atoms with Gasteiger partial charge in [0.2, 0.25) is 0 Å². The molecular weight excluding hydrogens is 274 g/mol. The summed E-state index contributed by atoms with van der Waals surface area (Å²) in [6.07, 6.45) is 7.40. The van der Waals surface area contributed by atoms with E-state index in [4.69, 9.17) is 4.74 Å². The van der Waals surface area contributed by atoms with Gasteiger partial charge in [-0.05, 0) is 26.2 Å². The molecule has 1 saturated heterocycles. The minimum absolute atomic E-state index is 0.502. The molecular formula is C15H27NOS2. The summed E-state index contributed by atoms with van der Waals surface area (Å²) >= 11 is 4.29. The molecule has 19 heavy (non-hydrogen) atoms. The van der Waals surface area contributed by atoms with Gasteiger partial charge in [-0.2, -0.15) is 23.5 Å². The van der Waals surface area contributed by atoms with Crippen molar-refractivity contribution < 1.29 is 4.74 Å². The van der Waals surface area contributed by atoms with E-state index in [-0.39, 0.29) is 0 Å². The van der Waals surface area contributed by atoms with Crippen LogP contribution in [0.3, 0.4) is 0 Å². The first-order valence-electron chi connectivity index (χ1n) is 7.89. The van der Waals surface area contributed by atoms with Crippen LogP contribution in [-0.2, 0) is 4.74 Å². The Kier molecular flexibility index (Phi) is 5.05. The molecule has 3 atom stereocenters. The van der Waals surface area contributed by atoms with Crippen molar-refractivity contribution in [2.24, 2.45) is 5.41 Å². The fourth-order valence-corrected chi connectivity index (χ4v) is 6.73. The van der Waals surface area contributed by atoms with Crippen molar-refractivity contribution in [3.05, 3.63) is 0 Å². The van der Waals surface area contributed by atoms with Gasteiger partial charge in [0.1, 0.15) is 0 Å². The molecule has 1 heterocycles. The Balaban J connectivity index is 1.50. The molecule has 0 bridgehead atoms. The number of hydrogen-bond acceptors (Lipinski definition) is 4. The molecule has 0 radical (unpaired) electrons. The Morgan fingerprint density at radius 1 is 1.26 bits per heavy atom.